The molecule has 1 rings (SSSR count). The Morgan fingerprint density at radius 1 is 1.46 bits per heavy atom. The maximum Gasteiger partial charge on any atom is 0.506 e. The van der Waals surface area contributed by atoms with E-state index in [1.54, 1.807) is 6.08 Å². The molecule has 1 fully saturated rings. The number of carboxylic acid groups (broad SMARTS) is 1. The van der Waals surface area contributed by atoms with Crippen LogP contribution in [0.15, 0.2) is 24.3 Å². The fourth-order valence-corrected chi connectivity index (χ4v) is 4.15. The molecule has 0 spiro atoms. The van der Waals surface area contributed by atoms with E-state index in [4.69, 9.17) is 4.74 Å². The first kappa shape index (κ1) is 20.8. The maximum atomic E-state index is 11.2. The zero-order valence-corrected chi connectivity index (χ0v) is 16.4. The van der Waals surface area contributed by atoms with Gasteiger partial charge in [-0.05, 0) is 69.8 Å². The SMILES string of the molecule is C=CC(C)(OC(=O)O)C(CC=C(C)C)C1CCCC(C)(C(C)C)C1. The highest BCUT2D eigenvalue weighted by Gasteiger charge is 2.44. The van der Waals surface area contributed by atoms with Crippen LogP contribution in [0, 0.1) is 23.2 Å². The third-order valence-electron chi connectivity index (χ3n) is 6.24. The predicted molar refractivity (Wildman–Crippen MR) is 100 cm³/mol. The second-order valence-electron chi connectivity index (χ2n) is 8.54. The van der Waals surface area contributed by atoms with E-state index in [1.165, 1.54) is 18.4 Å². The van der Waals surface area contributed by atoms with Crippen molar-refractivity contribution in [2.75, 3.05) is 0 Å². The molecular weight excluding hydrogens is 300 g/mol. The first-order chi connectivity index (χ1) is 11.0. The zero-order chi connectivity index (χ0) is 18.5. The summed E-state index contributed by atoms with van der Waals surface area (Å²) in [5.74, 6) is 1.20. The van der Waals surface area contributed by atoms with Crippen LogP contribution in [0.25, 0.3) is 0 Å². The summed E-state index contributed by atoms with van der Waals surface area (Å²) in [5, 5.41) is 9.21. The number of rotatable bonds is 7. The quantitative estimate of drug-likeness (QED) is 0.429. The molecule has 0 aliphatic heterocycles. The van der Waals surface area contributed by atoms with Crippen molar-refractivity contribution in [1.82, 2.24) is 0 Å². The highest BCUT2D eigenvalue weighted by molar-refractivity contribution is 5.58. The summed E-state index contributed by atoms with van der Waals surface area (Å²) < 4.78 is 5.33. The lowest BCUT2D eigenvalue weighted by molar-refractivity contribution is -0.0481. The van der Waals surface area contributed by atoms with E-state index in [1.807, 2.05) is 6.92 Å². The molecule has 1 aliphatic carbocycles. The molecule has 4 unspecified atom stereocenters. The van der Waals surface area contributed by atoms with E-state index in [-0.39, 0.29) is 5.92 Å². The number of carbonyl (C=O) groups is 1. The summed E-state index contributed by atoms with van der Waals surface area (Å²) in [4.78, 5) is 11.2. The van der Waals surface area contributed by atoms with Crippen LogP contribution in [0.4, 0.5) is 4.79 Å². The van der Waals surface area contributed by atoms with Gasteiger partial charge in [-0.3, -0.25) is 0 Å². The van der Waals surface area contributed by atoms with Gasteiger partial charge in [0, 0.05) is 5.92 Å². The number of hydrogen-bond donors (Lipinski definition) is 1. The Bertz CT molecular complexity index is 475. The van der Waals surface area contributed by atoms with Crippen LogP contribution in [0.1, 0.15) is 73.6 Å². The van der Waals surface area contributed by atoms with E-state index in [2.05, 4.69) is 47.3 Å². The van der Waals surface area contributed by atoms with Gasteiger partial charge in [-0.2, -0.15) is 0 Å². The fourth-order valence-electron chi connectivity index (χ4n) is 4.15. The Morgan fingerprint density at radius 3 is 2.54 bits per heavy atom. The maximum absolute atomic E-state index is 11.2. The largest absolute Gasteiger partial charge is 0.506 e. The summed E-state index contributed by atoms with van der Waals surface area (Å²) >= 11 is 0. The second-order valence-corrected chi connectivity index (χ2v) is 8.54. The Labute approximate surface area is 148 Å². The van der Waals surface area contributed by atoms with Crippen LogP contribution >= 0.6 is 0 Å². The lowest BCUT2D eigenvalue weighted by Crippen LogP contribution is -2.44. The molecule has 1 N–H and O–H groups in total. The van der Waals surface area contributed by atoms with Crippen LogP contribution in [0.5, 0.6) is 0 Å². The topological polar surface area (TPSA) is 46.5 Å². The zero-order valence-electron chi connectivity index (χ0n) is 16.4. The van der Waals surface area contributed by atoms with Crippen LogP contribution in [0.2, 0.25) is 0 Å². The standard InChI is InChI=1S/C21H36O3/c1-8-21(7,24-19(22)23)18(12-11-15(2)3)17-10-9-13-20(6,14-17)16(4)5/h8,11,16-18H,1,9-10,12-14H2,2-7H3,(H,22,23). The normalized spacial score (nSPS) is 27.9. The lowest BCUT2D eigenvalue weighted by atomic mass is 9.60. The Kier molecular flexibility index (Phi) is 7.12. The summed E-state index contributed by atoms with van der Waals surface area (Å²) in [5.41, 5.74) is 0.721. The van der Waals surface area contributed by atoms with Crippen molar-refractivity contribution in [2.45, 2.75) is 79.2 Å². The van der Waals surface area contributed by atoms with Crippen molar-refractivity contribution in [3.63, 3.8) is 0 Å². The fraction of sp³-hybridized carbons (Fsp3) is 0.762. The molecule has 3 heteroatoms. The minimum absolute atomic E-state index is 0.124. The molecule has 3 nitrogen and oxygen atoms in total. The molecule has 0 bridgehead atoms. The molecule has 138 valence electrons. The highest BCUT2D eigenvalue weighted by atomic mass is 16.7. The van der Waals surface area contributed by atoms with E-state index in [9.17, 15) is 9.90 Å². The molecule has 1 aliphatic rings. The van der Waals surface area contributed by atoms with Gasteiger partial charge in [0.1, 0.15) is 5.60 Å². The Balaban J connectivity index is 3.14. The average molecular weight is 337 g/mol. The predicted octanol–water partition coefficient (Wildman–Crippen LogP) is 6.45. The molecular formula is C21H36O3. The van der Waals surface area contributed by atoms with E-state index < -0.39 is 11.8 Å². The number of ether oxygens (including phenoxy) is 1. The molecule has 1 saturated carbocycles. The van der Waals surface area contributed by atoms with Crippen LogP contribution < -0.4 is 0 Å². The minimum atomic E-state index is -1.22. The van der Waals surface area contributed by atoms with Gasteiger partial charge >= 0.3 is 6.16 Å². The van der Waals surface area contributed by atoms with E-state index >= 15 is 0 Å². The first-order valence-electron chi connectivity index (χ1n) is 9.23. The van der Waals surface area contributed by atoms with Crippen molar-refractivity contribution in [2.24, 2.45) is 23.2 Å². The molecule has 4 atom stereocenters. The van der Waals surface area contributed by atoms with Crippen LogP contribution in [0.3, 0.4) is 0 Å². The van der Waals surface area contributed by atoms with E-state index in [0.717, 1.165) is 19.3 Å². The Hall–Kier alpha value is -1.25. The van der Waals surface area contributed by atoms with Crippen molar-refractivity contribution >= 4 is 6.16 Å². The van der Waals surface area contributed by atoms with Gasteiger partial charge in [-0.15, -0.1) is 0 Å². The van der Waals surface area contributed by atoms with Gasteiger partial charge in [-0.25, -0.2) is 4.79 Å². The van der Waals surface area contributed by atoms with Gasteiger partial charge < -0.3 is 9.84 Å². The van der Waals surface area contributed by atoms with Gasteiger partial charge in [0.05, 0.1) is 0 Å². The van der Waals surface area contributed by atoms with Crippen LogP contribution in [-0.4, -0.2) is 16.9 Å². The number of hydrogen-bond acceptors (Lipinski definition) is 2. The molecule has 0 aromatic carbocycles. The van der Waals surface area contributed by atoms with E-state index in [0.29, 0.717) is 17.3 Å². The number of allylic oxidation sites excluding steroid dienone is 2. The summed E-state index contributed by atoms with van der Waals surface area (Å²) in [7, 11) is 0. The molecule has 0 aromatic rings. The Morgan fingerprint density at radius 2 is 2.08 bits per heavy atom. The van der Waals surface area contributed by atoms with Crippen molar-refractivity contribution in [3.05, 3.63) is 24.3 Å². The molecule has 0 amide bonds. The molecule has 24 heavy (non-hydrogen) atoms. The summed E-state index contributed by atoms with van der Waals surface area (Å²) in [6.07, 6.45) is 8.21. The minimum Gasteiger partial charge on any atom is -0.450 e. The van der Waals surface area contributed by atoms with Gasteiger partial charge in [-0.1, -0.05) is 45.4 Å². The molecule has 0 saturated heterocycles. The van der Waals surface area contributed by atoms with Crippen molar-refractivity contribution in [1.29, 1.82) is 0 Å². The monoisotopic (exact) mass is 336 g/mol. The van der Waals surface area contributed by atoms with Gasteiger partial charge in [0.25, 0.3) is 0 Å². The second kappa shape index (κ2) is 8.22. The third kappa shape index (κ3) is 5.12. The molecule has 0 heterocycles. The smallest absolute Gasteiger partial charge is 0.450 e. The summed E-state index contributed by atoms with van der Waals surface area (Å²) in [6, 6.07) is 0. The van der Waals surface area contributed by atoms with Gasteiger partial charge in [0.15, 0.2) is 0 Å². The third-order valence-corrected chi connectivity index (χ3v) is 6.24. The highest BCUT2D eigenvalue weighted by Crippen LogP contribution is 2.50. The molecule has 0 radical (unpaired) electrons. The lowest BCUT2D eigenvalue weighted by Gasteiger charge is -2.47. The molecule has 0 aromatic heterocycles. The summed E-state index contributed by atoms with van der Waals surface area (Å²) in [6.45, 7) is 16.9. The van der Waals surface area contributed by atoms with Crippen LogP contribution in [-0.2, 0) is 4.74 Å². The van der Waals surface area contributed by atoms with Crippen molar-refractivity contribution < 1.29 is 14.6 Å². The average Bonchev–Trinajstić information content (AvgIpc) is 2.46. The first-order valence-corrected chi connectivity index (χ1v) is 9.23. The van der Waals surface area contributed by atoms with Crippen molar-refractivity contribution in [3.8, 4) is 0 Å². The van der Waals surface area contributed by atoms with Gasteiger partial charge in [0.2, 0.25) is 0 Å².